The maximum atomic E-state index is 11.8. The summed E-state index contributed by atoms with van der Waals surface area (Å²) < 4.78 is 1.30. The number of aromatic nitrogens is 2. The molecule has 1 aromatic heterocycles. The Morgan fingerprint density at radius 2 is 2.05 bits per heavy atom. The fourth-order valence-electron chi connectivity index (χ4n) is 2.06. The van der Waals surface area contributed by atoms with E-state index in [9.17, 15) is 19.7 Å². The van der Waals surface area contributed by atoms with Crippen LogP contribution in [-0.4, -0.2) is 44.5 Å². The van der Waals surface area contributed by atoms with Crippen molar-refractivity contribution in [3.05, 3.63) is 15.8 Å². The van der Waals surface area contributed by atoms with Gasteiger partial charge >= 0.3 is 5.69 Å². The minimum atomic E-state index is -0.786. The predicted octanol–water partition coefficient (Wildman–Crippen LogP) is -0.194. The Kier molecular flexibility index (Phi) is 2.97. The smallest absolute Gasteiger partial charge is 0.333 e. The first-order valence-corrected chi connectivity index (χ1v) is 5.58. The highest BCUT2D eigenvalue weighted by Crippen LogP contribution is 2.29. The van der Waals surface area contributed by atoms with Gasteiger partial charge in [0.05, 0.1) is 11.3 Å². The SMILES string of the molecule is Cc1nn(C)c(NC2CC(=O)N(C)C2=O)c1[N+](=O)[O-]. The summed E-state index contributed by atoms with van der Waals surface area (Å²) in [5, 5.41) is 17.7. The zero-order valence-corrected chi connectivity index (χ0v) is 10.7. The molecule has 2 heterocycles. The van der Waals surface area contributed by atoms with Gasteiger partial charge in [-0.15, -0.1) is 0 Å². The van der Waals surface area contributed by atoms with Crippen molar-refractivity contribution < 1.29 is 14.5 Å². The Bertz CT molecular complexity index is 579. The Balaban J connectivity index is 2.32. The molecule has 9 heteroatoms. The van der Waals surface area contributed by atoms with Crippen molar-refractivity contribution in [3.8, 4) is 0 Å². The number of aryl methyl sites for hydroxylation is 2. The van der Waals surface area contributed by atoms with Crippen LogP contribution >= 0.6 is 0 Å². The van der Waals surface area contributed by atoms with Crippen molar-refractivity contribution in [2.24, 2.45) is 7.05 Å². The molecule has 1 aliphatic rings. The number of imide groups is 1. The quantitative estimate of drug-likeness (QED) is 0.461. The number of anilines is 1. The van der Waals surface area contributed by atoms with Crippen LogP contribution in [0, 0.1) is 17.0 Å². The number of likely N-dealkylation sites (tertiary alicyclic amines) is 1. The normalized spacial score (nSPS) is 19.1. The maximum Gasteiger partial charge on any atom is 0.333 e. The molecule has 1 atom stereocenters. The standard InChI is InChI=1S/C10H13N5O4/c1-5-8(15(18)19)9(14(3)12-5)11-6-4-7(16)13(2)10(6)17/h6,11H,4H2,1-3H3. The molecule has 2 amide bonds. The van der Waals surface area contributed by atoms with Gasteiger partial charge in [0.1, 0.15) is 11.7 Å². The van der Waals surface area contributed by atoms with Crippen molar-refractivity contribution in [3.63, 3.8) is 0 Å². The van der Waals surface area contributed by atoms with Gasteiger partial charge in [-0.3, -0.25) is 24.6 Å². The zero-order chi connectivity index (χ0) is 14.3. The molecule has 102 valence electrons. The highest BCUT2D eigenvalue weighted by molar-refractivity contribution is 6.06. The molecule has 0 aromatic carbocycles. The summed E-state index contributed by atoms with van der Waals surface area (Å²) in [6.07, 6.45) is -0.0171. The Morgan fingerprint density at radius 1 is 1.42 bits per heavy atom. The first-order chi connectivity index (χ1) is 8.82. The minimum absolute atomic E-state index is 0.0171. The number of amides is 2. The van der Waals surface area contributed by atoms with Crippen LogP contribution in [0.1, 0.15) is 12.1 Å². The third-order valence-electron chi connectivity index (χ3n) is 3.07. The third-order valence-corrected chi connectivity index (χ3v) is 3.07. The largest absolute Gasteiger partial charge is 0.352 e. The van der Waals surface area contributed by atoms with E-state index in [1.54, 1.807) is 0 Å². The van der Waals surface area contributed by atoms with Crippen molar-refractivity contribution in [1.82, 2.24) is 14.7 Å². The van der Waals surface area contributed by atoms with Gasteiger partial charge in [0, 0.05) is 14.1 Å². The van der Waals surface area contributed by atoms with E-state index in [1.165, 1.54) is 25.7 Å². The second kappa shape index (κ2) is 4.34. The van der Waals surface area contributed by atoms with E-state index < -0.39 is 16.9 Å². The Morgan fingerprint density at radius 3 is 2.53 bits per heavy atom. The molecule has 19 heavy (non-hydrogen) atoms. The molecule has 1 aromatic rings. The lowest BCUT2D eigenvalue weighted by Gasteiger charge is -2.11. The summed E-state index contributed by atoms with van der Waals surface area (Å²) in [4.78, 5) is 34.6. The molecule has 1 unspecified atom stereocenters. The van der Waals surface area contributed by atoms with Crippen molar-refractivity contribution in [2.45, 2.75) is 19.4 Å². The fourth-order valence-corrected chi connectivity index (χ4v) is 2.06. The van der Waals surface area contributed by atoms with E-state index in [2.05, 4.69) is 10.4 Å². The molecule has 0 spiro atoms. The molecule has 0 bridgehead atoms. The lowest BCUT2D eigenvalue weighted by atomic mass is 10.2. The first-order valence-electron chi connectivity index (χ1n) is 5.58. The number of carbonyl (C=O) groups excluding carboxylic acids is 2. The monoisotopic (exact) mass is 267 g/mol. The van der Waals surface area contributed by atoms with Gasteiger partial charge in [0.2, 0.25) is 11.7 Å². The molecule has 2 rings (SSSR count). The van der Waals surface area contributed by atoms with Gasteiger partial charge in [-0.25, -0.2) is 4.68 Å². The predicted molar refractivity (Wildman–Crippen MR) is 64.4 cm³/mol. The molecule has 1 aliphatic heterocycles. The van der Waals surface area contributed by atoms with Crippen molar-refractivity contribution >= 4 is 23.3 Å². The molecule has 9 nitrogen and oxygen atoms in total. The summed E-state index contributed by atoms with van der Waals surface area (Å²) in [6, 6.07) is -0.786. The minimum Gasteiger partial charge on any atom is -0.352 e. The second-order valence-corrected chi connectivity index (χ2v) is 4.36. The number of nitrogens with one attached hydrogen (secondary N) is 1. The van der Waals surface area contributed by atoms with Crippen LogP contribution in [-0.2, 0) is 16.6 Å². The van der Waals surface area contributed by atoms with Gasteiger partial charge in [-0.05, 0) is 6.92 Å². The zero-order valence-electron chi connectivity index (χ0n) is 10.7. The summed E-state index contributed by atoms with van der Waals surface area (Å²) >= 11 is 0. The number of likely N-dealkylation sites (N-methyl/N-ethyl adjacent to an activating group) is 1. The fraction of sp³-hybridized carbons (Fsp3) is 0.500. The van der Waals surface area contributed by atoms with Crippen molar-refractivity contribution in [1.29, 1.82) is 0 Å². The van der Waals surface area contributed by atoms with Crippen LogP contribution in [0.25, 0.3) is 0 Å². The van der Waals surface area contributed by atoms with E-state index >= 15 is 0 Å². The van der Waals surface area contributed by atoms with E-state index in [-0.39, 0.29) is 29.5 Å². The van der Waals surface area contributed by atoms with Gasteiger partial charge in [0.15, 0.2) is 0 Å². The van der Waals surface area contributed by atoms with Crippen molar-refractivity contribution in [2.75, 3.05) is 12.4 Å². The lowest BCUT2D eigenvalue weighted by molar-refractivity contribution is -0.384. The Hall–Kier alpha value is -2.45. The molecule has 0 saturated carbocycles. The number of carbonyl (C=O) groups is 2. The third kappa shape index (κ3) is 2.02. The van der Waals surface area contributed by atoms with Crippen LogP contribution < -0.4 is 5.32 Å². The van der Waals surface area contributed by atoms with Crippen LogP contribution in [0.2, 0.25) is 0 Å². The topological polar surface area (TPSA) is 110 Å². The van der Waals surface area contributed by atoms with E-state index in [0.717, 1.165) is 4.90 Å². The van der Waals surface area contributed by atoms with E-state index in [0.29, 0.717) is 0 Å². The molecule has 1 N–H and O–H groups in total. The molecule has 0 radical (unpaired) electrons. The summed E-state index contributed by atoms with van der Waals surface area (Å²) in [6.45, 7) is 1.51. The molecular formula is C10H13N5O4. The number of hydrogen-bond acceptors (Lipinski definition) is 6. The van der Waals surface area contributed by atoms with Gasteiger partial charge in [-0.2, -0.15) is 5.10 Å². The second-order valence-electron chi connectivity index (χ2n) is 4.36. The van der Waals surface area contributed by atoms with Gasteiger partial charge < -0.3 is 5.32 Å². The maximum absolute atomic E-state index is 11.8. The average molecular weight is 267 g/mol. The van der Waals surface area contributed by atoms with Crippen LogP contribution in [0.3, 0.4) is 0 Å². The van der Waals surface area contributed by atoms with Crippen LogP contribution in [0.5, 0.6) is 0 Å². The summed E-state index contributed by atoms with van der Waals surface area (Å²) in [7, 11) is 2.92. The molecule has 0 aliphatic carbocycles. The Labute approximate surface area is 108 Å². The number of hydrogen-bond donors (Lipinski definition) is 1. The van der Waals surface area contributed by atoms with Gasteiger partial charge in [-0.1, -0.05) is 0 Å². The highest BCUT2D eigenvalue weighted by atomic mass is 16.6. The van der Waals surface area contributed by atoms with E-state index in [1.807, 2.05) is 0 Å². The average Bonchev–Trinajstić information content (AvgIpc) is 2.72. The molecular weight excluding hydrogens is 254 g/mol. The molecule has 1 fully saturated rings. The van der Waals surface area contributed by atoms with E-state index in [4.69, 9.17) is 0 Å². The number of rotatable bonds is 3. The summed E-state index contributed by atoms with van der Waals surface area (Å²) in [5.41, 5.74) is 0.0671. The first kappa shape index (κ1) is 13.0. The van der Waals surface area contributed by atoms with Gasteiger partial charge in [0.25, 0.3) is 5.91 Å². The number of nitrogens with zero attached hydrogens (tertiary/aromatic N) is 4. The number of nitro groups is 1. The van der Waals surface area contributed by atoms with Crippen LogP contribution in [0.15, 0.2) is 0 Å². The summed E-state index contributed by atoms with van der Waals surface area (Å²) in [5.74, 6) is -0.592. The highest BCUT2D eigenvalue weighted by Gasteiger charge is 2.38. The lowest BCUT2D eigenvalue weighted by Crippen LogP contribution is -2.32. The van der Waals surface area contributed by atoms with Crippen LogP contribution in [0.4, 0.5) is 11.5 Å². The molecule has 1 saturated heterocycles.